The zero-order chi connectivity index (χ0) is 24.1. The first-order chi connectivity index (χ1) is 16.5. The molecule has 1 atom stereocenters. The molecule has 1 aliphatic heterocycles. The molecule has 0 amide bonds. The number of methoxy groups -OCH3 is 2. The van der Waals surface area contributed by atoms with Gasteiger partial charge in [-0.15, -0.1) is 0 Å². The number of rotatable bonds is 9. The summed E-state index contributed by atoms with van der Waals surface area (Å²) in [5.41, 5.74) is 2.51. The fraction of sp³-hybridized carbons (Fsp3) is 0.370. The fourth-order valence-electron chi connectivity index (χ4n) is 4.42. The molecule has 0 aliphatic carbocycles. The van der Waals surface area contributed by atoms with Crippen LogP contribution in [0.5, 0.6) is 11.5 Å². The van der Waals surface area contributed by atoms with Gasteiger partial charge < -0.3 is 24.0 Å². The summed E-state index contributed by atoms with van der Waals surface area (Å²) in [7, 11) is 5.25. The maximum atomic E-state index is 12.8. The summed E-state index contributed by atoms with van der Waals surface area (Å²) in [4.78, 5) is 17.4. The van der Waals surface area contributed by atoms with Crippen LogP contribution in [0.15, 0.2) is 54.7 Å². The predicted octanol–water partition coefficient (Wildman–Crippen LogP) is 3.16. The number of aliphatic hydroxyl groups excluding tert-OH is 1. The van der Waals surface area contributed by atoms with E-state index < -0.39 is 6.10 Å². The Kier molecular flexibility index (Phi) is 7.67. The number of ketones is 1. The highest BCUT2D eigenvalue weighted by Crippen LogP contribution is 2.28. The van der Waals surface area contributed by atoms with Crippen molar-refractivity contribution in [3.63, 3.8) is 0 Å². The monoisotopic (exact) mass is 463 g/mol. The third kappa shape index (κ3) is 5.50. The van der Waals surface area contributed by atoms with E-state index in [9.17, 15) is 9.90 Å². The minimum Gasteiger partial charge on any atom is -0.493 e. The molecule has 0 spiro atoms. The molecule has 1 aromatic heterocycles. The average Bonchev–Trinajstić information content (AvgIpc) is 3.20. The number of aliphatic hydroxyl groups is 1. The molecule has 4 rings (SSSR count). The second-order valence-electron chi connectivity index (χ2n) is 8.78. The fourth-order valence-corrected chi connectivity index (χ4v) is 4.42. The van der Waals surface area contributed by atoms with Gasteiger partial charge in [0.25, 0.3) is 0 Å². The van der Waals surface area contributed by atoms with Gasteiger partial charge in [-0.3, -0.25) is 9.69 Å². The van der Waals surface area contributed by atoms with Gasteiger partial charge in [0.15, 0.2) is 17.3 Å². The summed E-state index contributed by atoms with van der Waals surface area (Å²) in [5, 5.41) is 11.8. The number of hydrogen-bond donors (Lipinski definition) is 1. The molecule has 2 aromatic carbocycles. The lowest BCUT2D eigenvalue weighted by atomic mass is 10.1. The van der Waals surface area contributed by atoms with E-state index in [1.165, 1.54) is 0 Å². The highest BCUT2D eigenvalue weighted by atomic mass is 16.5. The summed E-state index contributed by atoms with van der Waals surface area (Å²) in [6, 6.07) is 13.2. The first kappa shape index (κ1) is 24.0. The van der Waals surface area contributed by atoms with Crippen LogP contribution in [0.3, 0.4) is 0 Å². The second kappa shape index (κ2) is 10.9. The number of fused-ring (bicyclic) bond motifs is 1. The molecule has 7 nitrogen and oxygen atoms in total. The Bertz CT molecular complexity index is 1160. The Morgan fingerprint density at radius 3 is 2.50 bits per heavy atom. The van der Waals surface area contributed by atoms with Gasteiger partial charge in [-0.25, -0.2) is 0 Å². The summed E-state index contributed by atoms with van der Waals surface area (Å²) in [6.07, 6.45) is 4.96. The SMILES string of the molecule is COc1ccc(C(=O)/C=C/c2cn(C[C@@H](O)CN3CCN(C)CC3)c3ccccc23)cc1OC. The molecular formula is C27H33N3O4. The number of carbonyl (C=O) groups excluding carboxylic acids is 1. The van der Waals surface area contributed by atoms with Crippen LogP contribution in [0.4, 0.5) is 0 Å². The van der Waals surface area contributed by atoms with E-state index in [1.807, 2.05) is 36.5 Å². The first-order valence-electron chi connectivity index (χ1n) is 11.6. The number of benzene rings is 2. The van der Waals surface area contributed by atoms with Crippen LogP contribution >= 0.6 is 0 Å². The summed E-state index contributed by atoms with van der Waals surface area (Å²) in [6.45, 7) is 5.18. The molecule has 1 saturated heterocycles. The van der Waals surface area contributed by atoms with Crippen molar-refractivity contribution in [2.75, 3.05) is 54.0 Å². The molecule has 0 bridgehead atoms. The van der Waals surface area contributed by atoms with E-state index in [1.54, 1.807) is 38.5 Å². The highest BCUT2D eigenvalue weighted by molar-refractivity contribution is 6.08. The van der Waals surface area contributed by atoms with E-state index in [0.717, 1.165) is 42.6 Å². The quantitative estimate of drug-likeness (QED) is 0.388. The Hall–Kier alpha value is -3.13. The molecule has 0 radical (unpaired) electrons. The van der Waals surface area contributed by atoms with E-state index in [2.05, 4.69) is 21.4 Å². The van der Waals surface area contributed by atoms with Crippen LogP contribution < -0.4 is 9.47 Å². The van der Waals surface area contributed by atoms with Gasteiger partial charge in [-0.2, -0.15) is 0 Å². The Labute approximate surface area is 200 Å². The molecule has 0 unspecified atom stereocenters. The highest BCUT2D eigenvalue weighted by Gasteiger charge is 2.18. The number of ether oxygens (including phenoxy) is 2. The number of piperazine rings is 1. The van der Waals surface area contributed by atoms with Gasteiger partial charge in [0.05, 0.1) is 20.3 Å². The van der Waals surface area contributed by atoms with Gasteiger partial charge in [-0.1, -0.05) is 18.2 Å². The van der Waals surface area contributed by atoms with E-state index in [4.69, 9.17) is 9.47 Å². The largest absolute Gasteiger partial charge is 0.493 e. The van der Waals surface area contributed by atoms with Crippen molar-refractivity contribution >= 4 is 22.8 Å². The van der Waals surface area contributed by atoms with Crippen molar-refractivity contribution < 1.29 is 19.4 Å². The number of allylic oxidation sites excluding steroid dienone is 1. The third-order valence-corrected chi connectivity index (χ3v) is 6.37. The topological polar surface area (TPSA) is 67.2 Å². The number of hydrogen-bond acceptors (Lipinski definition) is 6. The maximum Gasteiger partial charge on any atom is 0.185 e. The van der Waals surface area contributed by atoms with Crippen LogP contribution in [0, 0.1) is 0 Å². The molecule has 2 heterocycles. The molecule has 7 heteroatoms. The molecule has 1 aliphatic rings. The lowest BCUT2D eigenvalue weighted by Crippen LogP contribution is -2.47. The van der Waals surface area contributed by atoms with Crippen LogP contribution in [-0.4, -0.2) is 85.4 Å². The van der Waals surface area contributed by atoms with Gasteiger partial charge in [0.2, 0.25) is 0 Å². The van der Waals surface area contributed by atoms with Gasteiger partial charge in [0, 0.05) is 67.5 Å². The molecule has 3 aromatic rings. The van der Waals surface area contributed by atoms with Crippen molar-refractivity contribution in [1.29, 1.82) is 0 Å². The standard InChI is InChI=1S/C27H33N3O4/c1-28-12-14-29(15-13-28)18-22(31)19-30-17-21(23-6-4-5-7-24(23)30)8-10-25(32)20-9-11-26(33-2)27(16-20)34-3/h4-11,16-17,22,31H,12-15,18-19H2,1-3H3/b10-8+/t22-/m0/s1. The van der Waals surface area contributed by atoms with Crippen LogP contribution in [0.1, 0.15) is 15.9 Å². The van der Waals surface area contributed by atoms with Crippen molar-refractivity contribution in [3.05, 3.63) is 65.9 Å². The second-order valence-corrected chi connectivity index (χ2v) is 8.78. The lowest BCUT2D eigenvalue weighted by Gasteiger charge is -2.33. The molecule has 1 N–H and O–H groups in total. The zero-order valence-electron chi connectivity index (χ0n) is 20.1. The number of para-hydroxylation sites is 1. The number of likely N-dealkylation sites (N-methyl/N-ethyl adjacent to an activating group) is 1. The van der Waals surface area contributed by atoms with Gasteiger partial charge in [-0.05, 0) is 43.5 Å². The summed E-state index contributed by atoms with van der Waals surface area (Å²) >= 11 is 0. The minimum absolute atomic E-state index is 0.118. The molecular weight excluding hydrogens is 430 g/mol. The van der Waals surface area contributed by atoms with Gasteiger partial charge >= 0.3 is 0 Å². The Morgan fingerprint density at radius 1 is 1.03 bits per heavy atom. The van der Waals surface area contributed by atoms with E-state index in [0.29, 0.717) is 30.2 Å². The van der Waals surface area contributed by atoms with Crippen molar-refractivity contribution in [1.82, 2.24) is 14.4 Å². The van der Waals surface area contributed by atoms with Crippen molar-refractivity contribution in [3.8, 4) is 11.5 Å². The number of nitrogens with zero attached hydrogens (tertiary/aromatic N) is 3. The summed E-state index contributed by atoms with van der Waals surface area (Å²) < 4.78 is 12.6. The molecule has 34 heavy (non-hydrogen) atoms. The maximum absolute atomic E-state index is 12.8. The smallest absolute Gasteiger partial charge is 0.185 e. The number of β-amino-alcohol motifs (C(OH)–C–C–N with tert-alkyl or cyclic N) is 1. The molecule has 1 fully saturated rings. The van der Waals surface area contributed by atoms with Crippen LogP contribution in [0.25, 0.3) is 17.0 Å². The number of aromatic nitrogens is 1. The predicted molar refractivity (Wildman–Crippen MR) is 135 cm³/mol. The van der Waals surface area contributed by atoms with E-state index >= 15 is 0 Å². The minimum atomic E-state index is -0.468. The number of carbonyl (C=O) groups is 1. The van der Waals surface area contributed by atoms with Crippen molar-refractivity contribution in [2.24, 2.45) is 0 Å². The molecule has 0 saturated carbocycles. The van der Waals surface area contributed by atoms with E-state index in [-0.39, 0.29) is 5.78 Å². The molecule has 180 valence electrons. The third-order valence-electron chi connectivity index (χ3n) is 6.37. The first-order valence-corrected chi connectivity index (χ1v) is 11.6. The summed E-state index contributed by atoms with van der Waals surface area (Å²) in [5.74, 6) is 0.988. The Balaban J connectivity index is 1.50. The van der Waals surface area contributed by atoms with Crippen molar-refractivity contribution in [2.45, 2.75) is 12.6 Å². The van der Waals surface area contributed by atoms with Crippen LogP contribution in [0.2, 0.25) is 0 Å². The lowest BCUT2D eigenvalue weighted by molar-refractivity contribution is 0.0717. The zero-order valence-corrected chi connectivity index (χ0v) is 20.1. The Morgan fingerprint density at radius 2 is 1.76 bits per heavy atom. The van der Waals surface area contributed by atoms with Crippen LogP contribution in [-0.2, 0) is 6.54 Å². The average molecular weight is 464 g/mol. The normalized spacial score (nSPS) is 16.2. The van der Waals surface area contributed by atoms with Gasteiger partial charge in [0.1, 0.15) is 0 Å².